The fraction of sp³-hybridized carbons (Fsp3) is 1.00. The third kappa shape index (κ3) is 5.23. The monoisotopic (exact) mass is 283 g/mol. The van der Waals surface area contributed by atoms with Crippen molar-refractivity contribution in [1.82, 2.24) is 4.81 Å². The van der Waals surface area contributed by atoms with Crippen LogP contribution in [0.4, 0.5) is 0 Å². The van der Waals surface area contributed by atoms with Gasteiger partial charge in [-0.2, -0.15) is 0 Å². The summed E-state index contributed by atoms with van der Waals surface area (Å²) in [7, 11) is 28.9. The summed E-state index contributed by atoms with van der Waals surface area (Å²) in [5.41, 5.74) is 0.161. The van der Waals surface area contributed by atoms with Gasteiger partial charge in [-0.1, -0.05) is 19.3 Å². The van der Waals surface area contributed by atoms with Crippen molar-refractivity contribution in [3.63, 3.8) is 0 Å². The molecule has 1 atom stereocenters. The van der Waals surface area contributed by atoms with Crippen LogP contribution in [0.3, 0.4) is 0 Å². The topological polar surface area (TPSA) is 12.5 Å². The summed E-state index contributed by atoms with van der Waals surface area (Å²) in [4.78, 5) is 1.98. The van der Waals surface area contributed by atoms with Gasteiger partial charge in [0.15, 0.2) is 0 Å². The third-order valence-corrected chi connectivity index (χ3v) is 5.30. The molecule has 1 aliphatic heterocycles. The number of nitrogens with zero attached hydrogens (tertiary/aromatic N) is 1. The molecule has 10 heteroatoms. The van der Waals surface area contributed by atoms with Crippen molar-refractivity contribution in [3.8, 4) is 0 Å². The normalized spacial score (nSPS) is 23.8. The van der Waals surface area contributed by atoms with Gasteiger partial charge < -0.3 is 9.55 Å². The van der Waals surface area contributed by atoms with E-state index in [-0.39, 0.29) is 12.1 Å². The predicted molar refractivity (Wildman–Crippen MR) is 102 cm³/mol. The van der Waals surface area contributed by atoms with E-state index in [0.29, 0.717) is 12.4 Å². The fourth-order valence-electron chi connectivity index (χ4n) is 3.85. The first kappa shape index (κ1) is 18.8. The largest absolute Gasteiger partial charge is 0.375 e. The van der Waals surface area contributed by atoms with Gasteiger partial charge in [-0.05, 0) is 44.6 Å². The van der Waals surface area contributed by atoms with E-state index in [1.54, 1.807) is 0 Å². The van der Waals surface area contributed by atoms with E-state index >= 15 is 0 Å². The van der Waals surface area contributed by atoms with E-state index in [9.17, 15) is 0 Å². The molecule has 0 aromatic heterocycles. The van der Waals surface area contributed by atoms with Crippen molar-refractivity contribution in [1.29, 1.82) is 0 Å². The fourth-order valence-corrected chi connectivity index (χ4v) is 3.85. The molecule has 1 spiro atoms. The molecule has 0 aromatic rings. The van der Waals surface area contributed by atoms with Crippen LogP contribution in [0.2, 0.25) is 0 Å². The summed E-state index contributed by atoms with van der Waals surface area (Å²) in [5.74, 6) is 0.677. The van der Waals surface area contributed by atoms with Crippen LogP contribution in [-0.2, 0) is 4.74 Å². The lowest BCUT2D eigenvalue weighted by Gasteiger charge is -2.39. The van der Waals surface area contributed by atoms with Crippen LogP contribution in [-0.4, -0.2) is 88.2 Å². The molecule has 0 aromatic carbocycles. The summed E-state index contributed by atoms with van der Waals surface area (Å²) in [5, 5.41) is 0. The van der Waals surface area contributed by atoms with Gasteiger partial charge in [-0.25, -0.2) is 0 Å². The van der Waals surface area contributed by atoms with Gasteiger partial charge in [0.05, 0.1) is 12.1 Å². The Bertz CT molecular complexity index is 339. The predicted octanol–water partition coefficient (Wildman–Crippen LogP) is -0.657. The second-order valence-electron chi connectivity index (χ2n) is 7.11. The first-order valence-electron chi connectivity index (χ1n) is 8.58. The summed E-state index contributed by atoms with van der Waals surface area (Å²) in [6.45, 7) is 0.876. The highest BCUT2D eigenvalue weighted by atomic mass is 16.5. The van der Waals surface area contributed by atoms with Crippen LogP contribution >= 0.6 is 0 Å². The SMILES string of the molecule is [B]B([B])B([B])CN(CCC1CCOC2(CCCC2)C1)B([B])[B]. The zero-order chi connectivity index (χ0) is 16.2. The highest BCUT2D eigenvalue weighted by molar-refractivity contribution is 7.66. The maximum absolute atomic E-state index is 6.09. The van der Waals surface area contributed by atoms with E-state index in [4.69, 9.17) is 43.4 Å². The van der Waals surface area contributed by atoms with Gasteiger partial charge in [0.1, 0.15) is 6.63 Å². The molecule has 22 heavy (non-hydrogen) atoms. The summed E-state index contributed by atoms with van der Waals surface area (Å²) in [6.07, 6.45) is 8.39. The average Bonchev–Trinajstić information content (AvgIpc) is 2.90. The zero-order valence-corrected chi connectivity index (χ0v) is 13.6. The van der Waals surface area contributed by atoms with Crippen molar-refractivity contribution in [2.24, 2.45) is 5.92 Å². The second kappa shape index (κ2) is 8.51. The van der Waals surface area contributed by atoms with Crippen molar-refractivity contribution in [2.75, 3.05) is 19.6 Å². The molecule has 1 saturated heterocycles. The van der Waals surface area contributed by atoms with Crippen molar-refractivity contribution in [2.45, 2.75) is 50.5 Å². The quantitative estimate of drug-likeness (QED) is 0.575. The molecule has 0 N–H and O–H groups in total. The Morgan fingerprint density at radius 1 is 1.09 bits per heavy atom. The Morgan fingerprint density at radius 2 is 1.77 bits per heavy atom. The molecule has 1 saturated carbocycles. The molecule has 0 bridgehead atoms. The van der Waals surface area contributed by atoms with Crippen LogP contribution in [0.1, 0.15) is 44.9 Å². The van der Waals surface area contributed by atoms with Gasteiger partial charge in [0, 0.05) is 51.7 Å². The van der Waals surface area contributed by atoms with Crippen LogP contribution in [0.5, 0.6) is 0 Å². The van der Waals surface area contributed by atoms with Gasteiger partial charge in [-0.15, -0.1) is 0 Å². The van der Waals surface area contributed by atoms with Crippen LogP contribution in [0, 0.1) is 5.92 Å². The molecule has 2 nitrogen and oxygen atoms in total. The summed E-state index contributed by atoms with van der Waals surface area (Å²) in [6, 6.07) is 0. The summed E-state index contributed by atoms with van der Waals surface area (Å²) < 4.78 is 6.09. The van der Waals surface area contributed by atoms with E-state index in [2.05, 4.69) is 0 Å². The Kier molecular flexibility index (Phi) is 7.26. The van der Waals surface area contributed by atoms with Crippen molar-refractivity contribution in [3.05, 3.63) is 0 Å². The van der Waals surface area contributed by atoms with Crippen LogP contribution in [0.25, 0.3) is 0 Å². The molecule has 104 valence electrons. The molecule has 2 rings (SSSR count). The summed E-state index contributed by atoms with van der Waals surface area (Å²) >= 11 is 0. The maximum atomic E-state index is 6.09. The number of rotatable bonds is 7. The molecular formula is C12H21B8NO. The second-order valence-corrected chi connectivity index (χ2v) is 7.11. The van der Waals surface area contributed by atoms with E-state index in [0.717, 1.165) is 26.0 Å². The Balaban J connectivity index is 1.81. The van der Waals surface area contributed by atoms with Crippen LogP contribution < -0.4 is 0 Å². The average molecular weight is 282 g/mol. The molecule has 2 aliphatic rings. The molecule has 2 fully saturated rings. The smallest absolute Gasteiger partial charge is 0.119 e. The van der Waals surface area contributed by atoms with Crippen molar-refractivity contribution >= 4 is 58.2 Å². The molecule has 1 unspecified atom stereocenters. The first-order valence-corrected chi connectivity index (χ1v) is 8.58. The maximum Gasteiger partial charge on any atom is 0.119 e. The van der Waals surface area contributed by atoms with Gasteiger partial charge in [0.25, 0.3) is 0 Å². The first-order chi connectivity index (χ1) is 10.4. The Labute approximate surface area is 144 Å². The molecule has 1 aliphatic carbocycles. The zero-order valence-electron chi connectivity index (χ0n) is 13.6. The molecule has 1 heterocycles. The van der Waals surface area contributed by atoms with Gasteiger partial charge >= 0.3 is 0 Å². The van der Waals surface area contributed by atoms with Gasteiger partial charge in [-0.3, -0.25) is 0 Å². The van der Waals surface area contributed by atoms with Gasteiger partial charge in [0.2, 0.25) is 0 Å². The highest BCUT2D eigenvalue weighted by Crippen LogP contribution is 2.42. The number of hydrogen-bond acceptors (Lipinski definition) is 2. The molecule has 10 radical (unpaired) electrons. The minimum atomic E-state index is -0.550. The number of ether oxygens (including phenoxy) is 1. The molecular weight excluding hydrogens is 261 g/mol. The van der Waals surface area contributed by atoms with E-state index < -0.39 is 13.0 Å². The number of hydrogen-bond donors (Lipinski definition) is 0. The highest BCUT2D eigenvalue weighted by Gasteiger charge is 2.39. The lowest BCUT2D eigenvalue weighted by Crippen LogP contribution is -2.53. The lowest BCUT2D eigenvalue weighted by molar-refractivity contribution is -0.0939. The lowest BCUT2D eigenvalue weighted by atomic mass is 8.87. The van der Waals surface area contributed by atoms with Crippen molar-refractivity contribution < 1.29 is 4.74 Å². The van der Waals surface area contributed by atoms with E-state index in [1.165, 1.54) is 32.1 Å². The minimum Gasteiger partial charge on any atom is -0.375 e. The third-order valence-electron chi connectivity index (χ3n) is 5.30. The van der Waals surface area contributed by atoms with E-state index in [1.807, 2.05) is 4.81 Å². The Hall–Kier alpha value is 0.439. The Morgan fingerprint density at radius 3 is 2.36 bits per heavy atom. The standard InChI is InChI=1S/C12H21B8NO/c13-18(19(14)15)10-21(20(16)17)7-3-11-4-8-22-12(9-11)5-1-2-6-12/h11H,1-10H2. The molecule has 0 amide bonds. The van der Waals surface area contributed by atoms with Crippen LogP contribution in [0.15, 0.2) is 0 Å². The minimum absolute atomic E-state index is 0.161.